The van der Waals surface area contributed by atoms with Crippen LogP contribution in [0.2, 0.25) is 5.02 Å². The van der Waals surface area contributed by atoms with E-state index in [0.717, 1.165) is 27.5 Å². The van der Waals surface area contributed by atoms with Crippen LogP contribution in [0.1, 0.15) is 22.3 Å². The third-order valence-corrected chi connectivity index (χ3v) is 5.92. The molecule has 4 aromatic carbocycles. The number of fused-ring (bicyclic) bond motifs is 1. The van der Waals surface area contributed by atoms with Gasteiger partial charge in [0.25, 0.3) is 5.91 Å². The maximum atomic E-state index is 13.0. The van der Waals surface area contributed by atoms with Gasteiger partial charge >= 0.3 is 0 Å². The van der Waals surface area contributed by atoms with Crippen molar-refractivity contribution >= 4 is 40.0 Å². The highest BCUT2D eigenvalue weighted by Gasteiger charge is 2.15. The molecule has 4 nitrogen and oxygen atoms in total. The van der Waals surface area contributed by atoms with Crippen LogP contribution in [0.4, 0.5) is 5.69 Å². The summed E-state index contributed by atoms with van der Waals surface area (Å²) in [7, 11) is 0. The lowest BCUT2D eigenvalue weighted by molar-refractivity contribution is -0.112. The first-order chi connectivity index (χ1) is 16.5. The molecule has 4 rings (SSSR count). The number of halogens is 1. The van der Waals surface area contributed by atoms with Crippen LogP contribution in [0.3, 0.4) is 0 Å². The van der Waals surface area contributed by atoms with E-state index in [1.165, 1.54) is 0 Å². The molecule has 0 aliphatic rings. The van der Waals surface area contributed by atoms with Crippen LogP contribution in [0, 0.1) is 25.2 Å². The zero-order valence-corrected chi connectivity index (χ0v) is 19.7. The summed E-state index contributed by atoms with van der Waals surface area (Å²) in [5, 5.41) is 15.1. The number of carbonyl (C=O) groups excluding carboxylic acids is 1. The minimum Gasteiger partial charge on any atom is -0.488 e. The van der Waals surface area contributed by atoms with E-state index < -0.39 is 5.91 Å². The predicted octanol–water partition coefficient (Wildman–Crippen LogP) is 7.23. The lowest BCUT2D eigenvalue weighted by Gasteiger charge is -2.14. The third-order valence-electron chi connectivity index (χ3n) is 5.56. The van der Waals surface area contributed by atoms with Crippen molar-refractivity contribution in [3.05, 3.63) is 112 Å². The first-order valence-electron chi connectivity index (χ1n) is 10.8. The Morgan fingerprint density at radius 2 is 1.79 bits per heavy atom. The van der Waals surface area contributed by atoms with Gasteiger partial charge in [-0.1, -0.05) is 77.8 Å². The number of hydrogen-bond donors (Lipinski definition) is 1. The maximum Gasteiger partial charge on any atom is 0.266 e. The fraction of sp³-hybridized carbons (Fsp3) is 0.103. The summed E-state index contributed by atoms with van der Waals surface area (Å²) < 4.78 is 6.12. The SMILES string of the molecule is Cc1ccc(NC(=O)/C(C#N)=C/c2c(OCc3ccccc3Cl)ccc3ccccc23)c(C)c1. The Hall–Kier alpha value is -4.07. The topological polar surface area (TPSA) is 62.1 Å². The summed E-state index contributed by atoms with van der Waals surface area (Å²) in [6.45, 7) is 4.17. The van der Waals surface area contributed by atoms with Crippen molar-refractivity contribution in [1.29, 1.82) is 5.26 Å². The molecule has 0 radical (unpaired) electrons. The van der Waals surface area contributed by atoms with Crippen LogP contribution < -0.4 is 10.1 Å². The molecule has 0 aliphatic heterocycles. The van der Waals surface area contributed by atoms with Crippen molar-refractivity contribution in [1.82, 2.24) is 0 Å². The molecule has 0 unspecified atom stereocenters. The van der Waals surface area contributed by atoms with Gasteiger partial charge < -0.3 is 10.1 Å². The summed E-state index contributed by atoms with van der Waals surface area (Å²) in [6, 6.07) is 26.9. The van der Waals surface area contributed by atoms with Gasteiger partial charge in [-0.05, 0) is 54.5 Å². The Morgan fingerprint density at radius 1 is 1.03 bits per heavy atom. The monoisotopic (exact) mass is 466 g/mol. The highest BCUT2D eigenvalue weighted by Crippen LogP contribution is 2.32. The van der Waals surface area contributed by atoms with E-state index in [1.807, 2.05) is 98.8 Å². The van der Waals surface area contributed by atoms with Crippen LogP contribution >= 0.6 is 11.6 Å². The summed E-state index contributed by atoms with van der Waals surface area (Å²) >= 11 is 6.29. The molecule has 0 heterocycles. The fourth-order valence-corrected chi connectivity index (χ4v) is 3.95. The molecule has 0 saturated carbocycles. The lowest BCUT2D eigenvalue weighted by Crippen LogP contribution is -2.14. The molecule has 5 heteroatoms. The number of nitriles is 1. The van der Waals surface area contributed by atoms with Crippen LogP contribution in [-0.4, -0.2) is 5.91 Å². The van der Waals surface area contributed by atoms with Gasteiger partial charge in [0.05, 0.1) is 0 Å². The van der Waals surface area contributed by atoms with E-state index in [2.05, 4.69) is 5.32 Å². The van der Waals surface area contributed by atoms with Gasteiger partial charge in [-0.15, -0.1) is 0 Å². The van der Waals surface area contributed by atoms with Crippen LogP contribution in [0.15, 0.2) is 84.4 Å². The zero-order valence-electron chi connectivity index (χ0n) is 18.9. The molecular weight excluding hydrogens is 444 g/mol. The zero-order chi connectivity index (χ0) is 24.1. The Labute approximate surface area is 204 Å². The number of amides is 1. The molecule has 0 saturated heterocycles. The largest absolute Gasteiger partial charge is 0.488 e. The fourth-order valence-electron chi connectivity index (χ4n) is 3.76. The van der Waals surface area contributed by atoms with Crippen LogP contribution in [0.5, 0.6) is 5.75 Å². The van der Waals surface area contributed by atoms with E-state index in [9.17, 15) is 10.1 Å². The van der Waals surface area contributed by atoms with Crippen molar-refractivity contribution in [2.24, 2.45) is 0 Å². The average Bonchev–Trinajstić information content (AvgIpc) is 2.84. The Kier molecular flexibility index (Phi) is 6.96. The Balaban J connectivity index is 1.71. The van der Waals surface area contributed by atoms with E-state index in [0.29, 0.717) is 22.0 Å². The van der Waals surface area contributed by atoms with Crippen molar-refractivity contribution in [2.45, 2.75) is 20.5 Å². The number of rotatable bonds is 6. The van der Waals surface area contributed by atoms with Crippen LogP contribution in [0.25, 0.3) is 16.8 Å². The summed E-state index contributed by atoms with van der Waals surface area (Å²) in [4.78, 5) is 13.0. The molecule has 0 spiro atoms. The average molecular weight is 467 g/mol. The molecule has 0 fully saturated rings. The minimum absolute atomic E-state index is 0.0149. The normalized spacial score (nSPS) is 11.2. The lowest BCUT2D eigenvalue weighted by atomic mass is 10.0. The van der Waals surface area contributed by atoms with E-state index in [4.69, 9.17) is 16.3 Å². The molecule has 0 bridgehead atoms. The van der Waals surface area contributed by atoms with Crippen molar-refractivity contribution < 1.29 is 9.53 Å². The number of nitrogens with one attached hydrogen (secondary N) is 1. The number of benzene rings is 4. The van der Waals surface area contributed by atoms with E-state index >= 15 is 0 Å². The van der Waals surface area contributed by atoms with E-state index in [-0.39, 0.29) is 12.2 Å². The van der Waals surface area contributed by atoms with Crippen molar-refractivity contribution in [2.75, 3.05) is 5.32 Å². The smallest absolute Gasteiger partial charge is 0.266 e. The van der Waals surface area contributed by atoms with Gasteiger partial charge in [0.2, 0.25) is 0 Å². The Morgan fingerprint density at radius 3 is 2.56 bits per heavy atom. The van der Waals surface area contributed by atoms with Gasteiger partial charge in [0.1, 0.15) is 24.0 Å². The molecule has 0 aromatic heterocycles. The maximum absolute atomic E-state index is 13.0. The molecule has 0 aliphatic carbocycles. The standard InChI is InChI=1S/C29H23ClN2O2/c1-19-11-13-27(20(2)15-19)32-29(33)23(17-31)16-25-24-9-5-3-7-21(24)12-14-28(25)34-18-22-8-4-6-10-26(22)30/h3-16H,18H2,1-2H3,(H,32,33)/b23-16+. The number of anilines is 1. The molecule has 4 aromatic rings. The number of hydrogen-bond acceptors (Lipinski definition) is 3. The molecular formula is C29H23ClN2O2. The van der Waals surface area contributed by atoms with Gasteiger partial charge in [-0.25, -0.2) is 0 Å². The van der Waals surface area contributed by atoms with Gasteiger partial charge in [-0.3, -0.25) is 4.79 Å². The summed E-state index contributed by atoms with van der Waals surface area (Å²) in [5.41, 5.74) is 4.20. The number of nitrogens with zero attached hydrogens (tertiary/aromatic N) is 1. The first-order valence-corrected chi connectivity index (χ1v) is 11.2. The molecule has 34 heavy (non-hydrogen) atoms. The van der Waals surface area contributed by atoms with Gasteiger partial charge in [0.15, 0.2) is 0 Å². The molecule has 1 N–H and O–H groups in total. The Bertz CT molecular complexity index is 1450. The van der Waals surface area contributed by atoms with Crippen molar-refractivity contribution in [3.63, 3.8) is 0 Å². The molecule has 0 atom stereocenters. The number of aryl methyl sites for hydroxylation is 2. The molecule has 1 amide bonds. The second-order valence-corrected chi connectivity index (χ2v) is 8.43. The second-order valence-electron chi connectivity index (χ2n) is 8.02. The second kappa shape index (κ2) is 10.2. The summed E-state index contributed by atoms with van der Waals surface area (Å²) in [5.74, 6) is 0.0881. The number of ether oxygens (including phenoxy) is 1. The van der Waals surface area contributed by atoms with Crippen molar-refractivity contribution in [3.8, 4) is 11.8 Å². The number of carbonyl (C=O) groups is 1. The quantitative estimate of drug-likeness (QED) is 0.241. The highest BCUT2D eigenvalue weighted by atomic mass is 35.5. The van der Waals surface area contributed by atoms with Crippen LogP contribution in [-0.2, 0) is 11.4 Å². The predicted molar refractivity (Wildman–Crippen MR) is 138 cm³/mol. The summed E-state index contributed by atoms with van der Waals surface area (Å²) in [6.07, 6.45) is 1.59. The molecule has 168 valence electrons. The highest BCUT2D eigenvalue weighted by molar-refractivity contribution is 6.31. The van der Waals surface area contributed by atoms with Gasteiger partial charge in [-0.2, -0.15) is 5.26 Å². The minimum atomic E-state index is -0.473. The van der Waals surface area contributed by atoms with E-state index in [1.54, 1.807) is 6.08 Å². The first kappa shape index (κ1) is 23.1. The third kappa shape index (κ3) is 5.11. The van der Waals surface area contributed by atoms with Gasteiger partial charge in [0, 0.05) is 21.8 Å².